The zero-order valence-corrected chi connectivity index (χ0v) is 38.1. The lowest BCUT2D eigenvalue weighted by Gasteiger charge is -2.24. The van der Waals surface area contributed by atoms with Crippen molar-refractivity contribution in [3.05, 3.63) is 48.6 Å². The molecule has 0 rings (SSSR count). The Balaban J connectivity index is 4.52. The van der Waals surface area contributed by atoms with Crippen LogP contribution in [0.1, 0.15) is 168 Å². The minimum atomic E-state index is -4.42. The SMILES string of the molecule is CCCCC/C=C\C/C=C\C/C=C\CCCCCCC(=O)OC[C@H](COP(=O)(O)OCC[N+](C)(C)C)OC(=O)CCCCCCC[C@H](O)[C@@H](O)C/C=C\CCCCC. The van der Waals surface area contributed by atoms with E-state index >= 15 is 0 Å². The van der Waals surface area contributed by atoms with Gasteiger partial charge in [-0.05, 0) is 77.0 Å². The molecule has 0 spiro atoms. The summed E-state index contributed by atoms with van der Waals surface area (Å²) in [7, 11) is 1.36. The lowest BCUT2D eigenvalue weighted by Crippen LogP contribution is -2.37. The van der Waals surface area contributed by atoms with Gasteiger partial charge in [-0.3, -0.25) is 18.6 Å². The molecule has 0 fully saturated rings. The molecule has 4 atom stereocenters. The number of likely N-dealkylation sites (N-methyl/N-ethyl adjacent to an activating group) is 1. The van der Waals surface area contributed by atoms with E-state index in [-0.39, 0.29) is 26.1 Å². The predicted octanol–water partition coefficient (Wildman–Crippen LogP) is 10.6. The maximum Gasteiger partial charge on any atom is 0.472 e. The Morgan fingerprint density at radius 3 is 1.69 bits per heavy atom. The number of hydrogen-bond donors (Lipinski definition) is 3. The molecule has 0 saturated carbocycles. The monoisotopic (exact) mass is 843 g/mol. The summed E-state index contributed by atoms with van der Waals surface area (Å²) >= 11 is 0. The Hall–Kier alpha value is -2.11. The van der Waals surface area contributed by atoms with E-state index in [1.165, 1.54) is 38.5 Å². The van der Waals surface area contributed by atoms with Gasteiger partial charge < -0.3 is 29.1 Å². The normalized spacial score (nSPS) is 15.1. The highest BCUT2D eigenvalue weighted by Crippen LogP contribution is 2.43. The number of hydrogen-bond acceptors (Lipinski definition) is 9. The summed E-state index contributed by atoms with van der Waals surface area (Å²) in [6.07, 6.45) is 36.0. The third-order valence-corrected chi connectivity index (χ3v) is 10.5. The Morgan fingerprint density at radius 1 is 0.603 bits per heavy atom. The Morgan fingerprint density at radius 2 is 1.10 bits per heavy atom. The van der Waals surface area contributed by atoms with Crippen LogP contribution in [-0.4, -0.2) is 97.3 Å². The number of aliphatic hydroxyl groups excluding tert-OH is 2. The predicted molar refractivity (Wildman–Crippen MR) is 236 cm³/mol. The number of unbranched alkanes of at least 4 members (excludes halogenated alkanes) is 14. The van der Waals surface area contributed by atoms with Crippen LogP contribution in [0.2, 0.25) is 0 Å². The van der Waals surface area contributed by atoms with Gasteiger partial charge >= 0.3 is 19.8 Å². The lowest BCUT2D eigenvalue weighted by atomic mass is 10.0. The molecule has 0 aromatic carbocycles. The highest BCUT2D eigenvalue weighted by atomic mass is 31.2. The van der Waals surface area contributed by atoms with Crippen LogP contribution in [-0.2, 0) is 32.7 Å². The molecule has 0 aromatic heterocycles. The molecule has 0 aliphatic rings. The minimum absolute atomic E-state index is 0.00219. The molecule has 0 radical (unpaired) electrons. The number of esters is 2. The van der Waals surface area contributed by atoms with Crippen molar-refractivity contribution >= 4 is 19.8 Å². The molecular formula is C46H85NO10P+. The van der Waals surface area contributed by atoms with Gasteiger partial charge in [0, 0.05) is 12.8 Å². The van der Waals surface area contributed by atoms with E-state index in [0.717, 1.165) is 77.0 Å². The molecule has 1 unspecified atom stereocenters. The van der Waals surface area contributed by atoms with Crippen LogP contribution in [0.4, 0.5) is 0 Å². The van der Waals surface area contributed by atoms with Gasteiger partial charge in [0.05, 0.1) is 40.0 Å². The molecule has 12 heteroatoms. The number of quaternary nitrogens is 1. The highest BCUT2D eigenvalue weighted by Gasteiger charge is 2.27. The molecule has 0 aliphatic heterocycles. The maximum absolute atomic E-state index is 12.7. The second-order valence-electron chi connectivity index (χ2n) is 16.4. The number of carbonyl (C=O) groups is 2. The molecule has 3 N–H and O–H groups in total. The van der Waals surface area contributed by atoms with Crippen LogP contribution in [0.15, 0.2) is 48.6 Å². The first kappa shape index (κ1) is 55.9. The first-order valence-electron chi connectivity index (χ1n) is 22.5. The van der Waals surface area contributed by atoms with Crippen LogP contribution in [0, 0.1) is 0 Å². The van der Waals surface area contributed by atoms with E-state index in [0.29, 0.717) is 36.7 Å². The standard InChI is InChI=1S/C46H84NO10P/c1-6-8-10-12-14-15-16-17-18-19-20-21-22-23-24-28-32-36-45(50)54-40-42(41-56-58(52,53)55-39-38-47(3,4)5)57-46(51)37-33-29-25-27-31-35-44(49)43(48)34-30-26-13-11-9-7-2/h14-15,17-18,20-21,26,30,42-44,48-49H,6-13,16,19,22-25,27-29,31-41H2,1-5H3/p+1/b15-14-,18-17-,21-20-,30-26-/t42-,43+,44+/m1/s1. The summed E-state index contributed by atoms with van der Waals surface area (Å²) in [6.45, 7) is 4.12. The molecule has 0 amide bonds. The summed E-state index contributed by atoms with van der Waals surface area (Å²) in [5.41, 5.74) is 0. The van der Waals surface area contributed by atoms with Gasteiger partial charge in [-0.2, -0.15) is 0 Å². The zero-order chi connectivity index (χ0) is 43.2. The number of aliphatic hydroxyl groups is 2. The van der Waals surface area contributed by atoms with E-state index in [1.54, 1.807) is 0 Å². The topological polar surface area (TPSA) is 149 Å². The quantitative estimate of drug-likeness (QED) is 0.0179. The van der Waals surface area contributed by atoms with E-state index < -0.39 is 44.7 Å². The molecule has 0 aliphatic carbocycles. The zero-order valence-electron chi connectivity index (χ0n) is 37.2. The lowest BCUT2D eigenvalue weighted by molar-refractivity contribution is -0.870. The molecule has 0 heterocycles. The second kappa shape index (κ2) is 37.9. The first-order chi connectivity index (χ1) is 27.8. The number of rotatable bonds is 40. The molecule has 338 valence electrons. The summed E-state index contributed by atoms with van der Waals surface area (Å²) in [5, 5.41) is 20.5. The van der Waals surface area contributed by atoms with Gasteiger partial charge in [0.2, 0.25) is 0 Å². The summed E-state index contributed by atoms with van der Waals surface area (Å²) in [5.74, 6) is -0.938. The van der Waals surface area contributed by atoms with Crippen LogP contribution in [0.5, 0.6) is 0 Å². The van der Waals surface area contributed by atoms with Crippen molar-refractivity contribution in [3.63, 3.8) is 0 Å². The van der Waals surface area contributed by atoms with Gasteiger partial charge in [-0.25, -0.2) is 4.57 Å². The van der Waals surface area contributed by atoms with Crippen molar-refractivity contribution in [3.8, 4) is 0 Å². The summed E-state index contributed by atoms with van der Waals surface area (Å²) in [4.78, 5) is 35.4. The average molecular weight is 843 g/mol. The molecular weight excluding hydrogens is 757 g/mol. The fourth-order valence-electron chi connectivity index (χ4n) is 5.81. The summed E-state index contributed by atoms with van der Waals surface area (Å²) in [6, 6.07) is 0. The van der Waals surface area contributed by atoms with Gasteiger partial charge in [0.15, 0.2) is 6.10 Å². The summed E-state index contributed by atoms with van der Waals surface area (Å²) < 4.78 is 34.2. The van der Waals surface area contributed by atoms with Crippen molar-refractivity contribution < 1.29 is 52.3 Å². The maximum atomic E-state index is 12.7. The Labute approximate surface area is 353 Å². The Kier molecular flexibility index (Phi) is 36.5. The van der Waals surface area contributed by atoms with E-state index in [1.807, 2.05) is 27.2 Å². The fourth-order valence-corrected chi connectivity index (χ4v) is 6.55. The van der Waals surface area contributed by atoms with E-state index in [9.17, 15) is 29.3 Å². The van der Waals surface area contributed by atoms with Gasteiger partial charge in [0.1, 0.15) is 19.8 Å². The number of ether oxygens (including phenoxy) is 2. The van der Waals surface area contributed by atoms with Crippen LogP contribution in [0.25, 0.3) is 0 Å². The smallest absolute Gasteiger partial charge is 0.462 e. The largest absolute Gasteiger partial charge is 0.472 e. The highest BCUT2D eigenvalue weighted by molar-refractivity contribution is 7.47. The fraction of sp³-hybridized carbons (Fsp3) is 0.783. The number of carbonyl (C=O) groups excluding carboxylic acids is 2. The van der Waals surface area contributed by atoms with Gasteiger partial charge in [-0.1, -0.05) is 127 Å². The van der Waals surface area contributed by atoms with Crippen molar-refractivity contribution in [2.45, 2.75) is 186 Å². The van der Waals surface area contributed by atoms with Crippen LogP contribution >= 0.6 is 7.82 Å². The van der Waals surface area contributed by atoms with Crippen LogP contribution < -0.4 is 0 Å². The van der Waals surface area contributed by atoms with E-state index in [2.05, 4.69) is 56.4 Å². The number of phosphoric ester groups is 1. The molecule has 58 heavy (non-hydrogen) atoms. The minimum Gasteiger partial charge on any atom is -0.462 e. The van der Waals surface area contributed by atoms with Gasteiger partial charge in [0.25, 0.3) is 0 Å². The van der Waals surface area contributed by atoms with Crippen molar-refractivity contribution in [2.75, 3.05) is 47.5 Å². The van der Waals surface area contributed by atoms with Crippen molar-refractivity contribution in [1.29, 1.82) is 0 Å². The average Bonchev–Trinajstić information content (AvgIpc) is 3.17. The number of phosphoric acid groups is 1. The van der Waals surface area contributed by atoms with E-state index in [4.69, 9.17) is 18.5 Å². The van der Waals surface area contributed by atoms with Gasteiger partial charge in [-0.15, -0.1) is 0 Å². The number of nitrogens with zero attached hydrogens (tertiary/aromatic N) is 1. The molecule has 0 aromatic rings. The van der Waals surface area contributed by atoms with Crippen LogP contribution in [0.3, 0.4) is 0 Å². The second-order valence-corrected chi connectivity index (χ2v) is 17.8. The third kappa shape index (κ3) is 39.4. The molecule has 11 nitrogen and oxygen atoms in total. The van der Waals surface area contributed by atoms with Crippen molar-refractivity contribution in [2.24, 2.45) is 0 Å². The Bertz CT molecular complexity index is 1170. The van der Waals surface area contributed by atoms with Crippen molar-refractivity contribution in [1.82, 2.24) is 0 Å². The molecule has 0 bridgehead atoms. The first-order valence-corrected chi connectivity index (χ1v) is 24.0. The number of allylic oxidation sites excluding steroid dienone is 7. The third-order valence-electron chi connectivity index (χ3n) is 9.53. The molecule has 0 saturated heterocycles.